The number of amides is 1. The van der Waals surface area contributed by atoms with Crippen molar-refractivity contribution in [3.63, 3.8) is 0 Å². The minimum absolute atomic E-state index is 0.0227. The van der Waals surface area contributed by atoms with Crippen LogP contribution < -0.4 is 5.56 Å². The number of alkyl halides is 1. The number of nitrogens with zero attached hydrogens (tertiary/aromatic N) is 3. The summed E-state index contributed by atoms with van der Waals surface area (Å²) in [7, 11) is 0. The monoisotopic (exact) mass is 561 g/mol. The van der Waals surface area contributed by atoms with Gasteiger partial charge in [-0.15, -0.1) is 11.3 Å². The molecule has 0 saturated carbocycles. The summed E-state index contributed by atoms with van der Waals surface area (Å²) in [6, 6.07) is 4.30. The van der Waals surface area contributed by atoms with Gasteiger partial charge in [-0.2, -0.15) is 0 Å². The predicted octanol–water partition coefficient (Wildman–Crippen LogP) is 4.56. The lowest BCUT2D eigenvalue weighted by atomic mass is 9.91. The van der Waals surface area contributed by atoms with Gasteiger partial charge in [-0.25, -0.2) is 13.8 Å². The average molecular weight is 562 g/mol. The first-order chi connectivity index (χ1) is 16.3. The van der Waals surface area contributed by atoms with Crippen molar-refractivity contribution in [2.24, 2.45) is 5.41 Å². The molecular weight excluding hydrogens is 540 g/mol. The molecule has 1 aromatic carbocycles. The molecule has 1 amide bonds. The molecule has 0 radical (unpaired) electrons. The van der Waals surface area contributed by atoms with Gasteiger partial charge in [-0.05, 0) is 52.4 Å². The Bertz CT molecular complexity index is 1480. The van der Waals surface area contributed by atoms with Crippen LogP contribution in [0.25, 0.3) is 21.3 Å². The number of benzene rings is 1. The standard InChI is InChI=1S/C25H22BrF2N3O3S/c1-24(2,3)18(32)8-7-17-20(14-5-6-16(27)15(26)9-14)21-22(35-17)29-13-30(23(21)34)10-19(33)31-11-25(4,28)12-31/h5-6,9,13H,10-12H2,1-4H3. The summed E-state index contributed by atoms with van der Waals surface area (Å²) in [6.07, 6.45) is 1.27. The summed E-state index contributed by atoms with van der Waals surface area (Å²) >= 11 is 4.31. The molecule has 1 saturated heterocycles. The van der Waals surface area contributed by atoms with Crippen molar-refractivity contribution in [3.8, 4) is 23.0 Å². The van der Waals surface area contributed by atoms with E-state index in [0.29, 0.717) is 20.8 Å². The number of hydrogen-bond acceptors (Lipinski definition) is 5. The van der Waals surface area contributed by atoms with E-state index < -0.39 is 22.5 Å². The minimum Gasteiger partial charge on any atom is -0.335 e. The highest BCUT2D eigenvalue weighted by Gasteiger charge is 2.41. The van der Waals surface area contributed by atoms with E-state index in [1.165, 1.54) is 40.9 Å². The van der Waals surface area contributed by atoms with E-state index in [1.807, 2.05) is 0 Å². The fraction of sp³-hybridized carbons (Fsp3) is 0.360. The van der Waals surface area contributed by atoms with Gasteiger partial charge in [-0.3, -0.25) is 19.0 Å². The SMILES string of the molecule is CC1(F)CN(C(=O)Cn2cnc3sc(C#CC(=O)C(C)(C)C)c(-c4ccc(F)c(Br)c4)c3c2=O)C1. The zero-order valence-electron chi connectivity index (χ0n) is 19.5. The largest absolute Gasteiger partial charge is 0.335 e. The van der Waals surface area contributed by atoms with E-state index in [4.69, 9.17) is 0 Å². The Hall–Kier alpha value is -2.90. The number of aromatic nitrogens is 2. The summed E-state index contributed by atoms with van der Waals surface area (Å²) in [4.78, 5) is 44.9. The van der Waals surface area contributed by atoms with Crippen molar-refractivity contribution in [2.75, 3.05) is 13.1 Å². The number of halogens is 3. The second kappa shape index (κ2) is 8.95. The Labute approximate surface area is 213 Å². The van der Waals surface area contributed by atoms with Gasteiger partial charge >= 0.3 is 0 Å². The van der Waals surface area contributed by atoms with Crippen molar-refractivity contribution >= 4 is 49.2 Å². The zero-order chi connectivity index (χ0) is 25.7. The summed E-state index contributed by atoms with van der Waals surface area (Å²) in [5.74, 6) is 4.39. The first-order valence-corrected chi connectivity index (χ1v) is 12.4. The van der Waals surface area contributed by atoms with Crippen LogP contribution in [-0.2, 0) is 16.1 Å². The van der Waals surface area contributed by atoms with Crippen molar-refractivity contribution in [2.45, 2.75) is 39.9 Å². The third-order valence-electron chi connectivity index (χ3n) is 5.56. The van der Waals surface area contributed by atoms with Crippen LogP contribution in [0.4, 0.5) is 8.78 Å². The molecule has 0 spiro atoms. The van der Waals surface area contributed by atoms with E-state index >= 15 is 0 Å². The van der Waals surface area contributed by atoms with Crippen LogP contribution >= 0.6 is 27.3 Å². The number of fused-ring (bicyclic) bond motifs is 1. The molecule has 3 heterocycles. The van der Waals surface area contributed by atoms with E-state index in [1.54, 1.807) is 20.8 Å². The van der Waals surface area contributed by atoms with Crippen LogP contribution in [0.3, 0.4) is 0 Å². The molecule has 0 aliphatic carbocycles. The second-order valence-corrected chi connectivity index (χ2v) is 11.6. The third kappa shape index (κ3) is 5.07. The van der Waals surface area contributed by atoms with E-state index in [9.17, 15) is 23.2 Å². The van der Waals surface area contributed by atoms with Gasteiger partial charge in [0.05, 0.1) is 34.2 Å². The van der Waals surface area contributed by atoms with Crippen molar-refractivity contribution in [3.05, 3.63) is 50.0 Å². The lowest BCUT2D eigenvalue weighted by Gasteiger charge is -2.42. The highest BCUT2D eigenvalue weighted by atomic mass is 79.9. The molecule has 0 atom stereocenters. The molecule has 6 nitrogen and oxygen atoms in total. The number of Topliss-reactive ketones (excluding diaryl/α,β-unsaturated/α-hetero) is 1. The van der Waals surface area contributed by atoms with Gasteiger partial charge in [0, 0.05) is 11.0 Å². The molecule has 0 N–H and O–H groups in total. The average Bonchev–Trinajstić information content (AvgIpc) is 3.12. The van der Waals surface area contributed by atoms with Crippen LogP contribution in [-0.4, -0.2) is 44.9 Å². The molecule has 2 aromatic heterocycles. The highest BCUT2D eigenvalue weighted by molar-refractivity contribution is 9.10. The van der Waals surface area contributed by atoms with Crippen molar-refractivity contribution in [1.82, 2.24) is 14.5 Å². The van der Waals surface area contributed by atoms with E-state index in [2.05, 4.69) is 32.8 Å². The van der Waals surface area contributed by atoms with Gasteiger partial charge in [0.15, 0.2) is 0 Å². The van der Waals surface area contributed by atoms with Gasteiger partial charge in [0.1, 0.15) is 22.9 Å². The topological polar surface area (TPSA) is 72.3 Å². The highest BCUT2D eigenvalue weighted by Crippen LogP contribution is 2.37. The van der Waals surface area contributed by atoms with Gasteiger partial charge < -0.3 is 4.90 Å². The molecule has 4 rings (SSSR count). The summed E-state index contributed by atoms with van der Waals surface area (Å²) in [5.41, 5.74) is -1.64. The summed E-state index contributed by atoms with van der Waals surface area (Å²) < 4.78 is 29.1. The van der Waals surface area contributed by atoms with Crippen molar-refractivity contribution < 1.29 is 18.4 Å². The minimum atomic E-state index is -1.42. The number of likely N-dealkylation sites (tertiary alicyclic amines) is 1. The van der Waals surface area contributed by atoms with Crippen LogP contribution in [0, 0.1) is 23.1 Å². The lowest BCUT2D eigenvalue weighted by Crippen LogP contribution is -2.60. The first kappa shape index (κ1) is 25.2. The Morgan fingerprint density at radius 2 is 1.97 bits per heavy atom. The third-order valence-corrected chi connectivity index (χ3v) is 7.18. The quantitative estimate of drug-likeness (QED) is 0.439. The number of rotatable bonds is 3. The molecule has 35 heavy (non-hydrogen) atoms. The van der Waals surface area contributed by atoms with Gasteiger partial charge in [-0.1, -0.05) is 26.8 Å². The Morgan fingerprint density at radius 1 is 1.29 bits per heavy atom. The number of carbonyl (C=O) groups excluding carboxylic acids is 2. The number of thiophene rings is 1. The summed E-state index contributed by atoms with van der Waals surface area (Å²) in [5, 5.41) is 0.218. The van der Waals surface area contributed by atoms with Gasteiger partial charge in [0.25, 0.3) is 5.56 Å². The maximum atomic E-state index is 13.9. The van der Waals surface area contributed by atoms with Gasteiger partial charge in [0.2, 0.25) is 11.7 Å². The van der Waals surface area contributed by atoms with Crippen molar-refractivity contribution in [1.29, 1.82) is 0 Å². The smallest absolute Gasteiger partial charge is 0.263 e. The number of carbonyl (C=O) groups is 2. The molecule has 1 fully saturated rings. The normalized spacial score (nSPS) is 14.9. The molecular formula is C25H22BrF2N3O3S. The predicted molar refractivity (Wildman–Crippen MR) is 134 cm³/mol. The first-order valence-electron chi connectivity index (χ1n) is 10.8. The number of hydrogen-bond donors (Lipinski definition) is 0. The van der Waals surface area contributed by atoms with Crippen LogP contribution in [0.2, 0.25) is 0 Å². The fourth-order valence-electron chi connectivity index (χ4n) is 3.63. The molecule has 1 aliphatic heterocycles. The van der Waals surface area contributed by atoms with E-state index in [0.717, 1.165) is 11.3 Å². The molecule has 0 bridgehead atoms. The number of ketones is 1. The van der Waals surface area contributed by atoms with Crippen LogP contribution in [0.1, 0.15) is 32.6 Å². The van der Waals surface area contributed by atoms with Crippen LogP contribution in [0.5, 0.6) is 0 Å². The molecule has 10 heteroatoms. The summed E-state index contributed by atoms with van der Waals surface area (Å²) in [6.45, 7) is 6.36. The molecule has 3 aromatic rings. The maximum Gasteiger partial charge on any atom is 0.263 e. The Kier molecular flexibility index (Phi) is 6.45. The second-order valence-electron chi connectivity index (χ2n) is 9.79. The lowest BCUT2D eigenvalue weighted by molar-refractivity contribution is -0.144. The van der Waals surface area contributed by atoms with E-state index in [-0.39, 0.29) is 41.2 Å². The molecule has 0 unspecified atom stereocenters. The zero-order valence-corrected chi connectivity index (χ0v) is 21.9. The molecule has 1 aliphatic rings. The Balaban J connectivity index is 1.84. The van der Waals surface area contributed by atoms with Crippen LogP contribution in [0.15, 0.2) is 33.8 Å². The molecule has 182 valence electrons. The Morgan fingerprint density at radius 3 is 2.57 bits per heavy atom. The fourth-order valence-corrected chi connectivity index (χ4v) is 5.01. The maximum absolute atomic E-state index is 13.9.